The van der Waals surface area contributed by atoms with E-state index < -0.39 is 23.7 Å². The summed E-state index contributed by atoms with van der Waals surface area (Å²) in [5.74, 6) is -0.351. The maximum Gasteiger partial charge on any atom is 0.319 e. The average Bonchev–Trinajstić information content (AvgIpc) is 3.12. The molecule has 1 aliphatic heterocycles. The minimum Gasteiger partial charge on any atom is -0.395 e. The van der Waals surface area contributed by atoms with Gasteiger partial charge in [-0.1, -0.05) is 60.7 Å². The smallest absolute Gasteiger partial charge is 0.319 e. The van der Waals surface area contributed by atoms with Gasteiger partial charge < -0.3 is 36.4 Å². The van der Waals surface area contributed by atoms with Gasteiger partial charge in [-0.15, -0.1) is 0 Å². The summed E-state index contributed by atoms with van der Waals surface area (Å²) in [6.45, 7) is 6.55. The second-order valence-electron chi connectivity index (χ2n) is 12.2. The first-order valence-corrected chi connectivity index (χ1v) is 15.5. The van der Waals surface area contributed by atoms with E-state index in [1.54, 1.807) is 11.8 Å². The van der Waals surface area contributed by atoms with Crippen LogP contribution in [0.2, 0.25) is 0 Å². The molecule has 10 heteroatoms. The number of amides is 4. The number of nitrogens with one attached hydrogen (secondary N) is 4. The summed E-state index contributed by atoms with van der Waals surface area (Å²) in [6, 6.07) is 22.1. The molecule has 10 nitrogen and oxygen atoms in total. The molecule has 3 aromatic rings. The second-order valence-corrected chi connectivity index (χ2v) is 12.2. The van der Waals surface area contributed by atoms with Crippen LogP contribution in [0.5, 0.6) is 0 Å². The molecule has 3 aromatic carbocycles. The molecule has 45 heavy (non-hydrogen) atoms. The molecule has 1 aliphatic rings. The number of urea groups is 1. The molecule has 1 unspecified atom stereocenters. The van der Waals surface area contributed by atoms with Gasteiger partial charge in [0.05, 0.1) is 24.9 Å². The van der Waals surface area contributed by atoms with Crippen LogP contribution in [0.25, 0.3) is 11.1 Å². The van der Waals surface area contributed by atoms with Crippen molar-refractivity contribution in [3.63, 3.8) is 0 Å². The standard InChI is InChI=1S/C35H45N5O5/c1-24(42)18-19-37-35(2,3)22-32(43)38-30-17-16-27-8-4-7-11-31(27)40(33(30)44)23-25-12-14-26(15-13-25)28-9-5-6-10-29(28)39-34(45)36-20-21-41/h4-15,24,30,37,41-42H,16-23H2,1-3H3,(H,38,43)(H2,36,39,45)/t24?,30-/m1/s1. The fourth-order valence-electron chi connectivity index (χ4n) is 5.49. The normalized spacial score (nSPS) is 15.5. The lowest BCUT2D eigenvalue weighted by molar-refractivity contribution is -0.128. The Morgan fingerprint density at radius 2 is 1.71 bits per heavy atom. The lowest BCUT2D eigenvalue weighted by Gasteiger charge is -2.29. The molecule has 240 valence electrons. The first-order chi connectivity index (χ1) is 21.6. The lowest BCUT2D eigenvalue weighted by Crippen LogP contribution is -2.51. The molecule has 0 aromatic heterocycles. The van der Waals surface area contributed by atoms with Crippen molar-refractivity contribution in [1.29, 1.82) is 0 Å². The van der Waals surface area contributed by atoms with Gasteiger partial charge in [-0.25, -0.2) is 4.79 Å². The fraction of sp³-hybridized carbons (Fsp3) is 0.400. The fourth-order valence-corrected chi connectivity index (χ4v) is 5.49. The Morgan fingerprint density at radius 3 is 2.44 bits per heavy atom. The number of aliphatic hydroxyl groups is 2. The molecule has 0 aliphatic carbocycles. The number of carbonyl (C=O) groups excluding carboxylic acids is 3. The monoisotopic (exact) mass is 615 g/mol. The minimum atomic E-state index is -0.660. The third kappa shape index (κ3) is 9.62. The summed E-state index contributed by atoms with van der Waals surface area (Å²) in [5, 5.41) is 30.3. The molecule has 2 atom stereocenters. The van der Waals surface area contributed by atoms with E-state index >= 15 is 0 Å². The molecular weight excluding hydrogens is 570 g/mol. The van der Waals surface area contributed by atoms with Crippen molar-refractivity contribution in [3.8, 4) is 11.1 Å². The number of benzene rings is 3. The van der Waals surface area contributed by atoms with E-state index in [0.717, 1.165) is 27.9 Å². The largest absolute Gasteiger partial charge is 0.395 e. The zero-order valence-electron chi connectivity index (χ0n) is 26.3. The summed E-state index contributed by atoms with van der Waals surface area (Å²) in [6.07, 6.45) is 1.53. The van der Waals surface area contributed by atoms with Crippen LogP contribution in [0, 0.1) is 0 Å². The highest BCUT2D eigenvalue weighted by atomic mass is 16.3. The number of aliphatic hydroxyl groups excluding tert-OH is 2. The number of nitrogens with zero attached hydrogens (tertiary/aromatic N) is 1. The molecular formula is C35H45N5O5. The third-order valence-corrected chi connectivity index (χ3v) is 7.83. The van der Waals surface area contributed by atoms with Crippen molar-refractivity contribution >= 4 is 29.2 Å². The first-order valence-electron chi connectivity index (χ1n) is 15.5. The number of anilines is 2. The molecule has 1 heterocycles. The lowest BCUT2D eigenvalue weighted by atomic mass is 9.99. The molecule has 0 bridgehead atoms. The van der Waals surface area contributed by atoms with Crippen LogP contribution in [0.4, 0.5) is 16.2 Å². The van der Waals surface area contributed by atoms with E-state index in [2.05, 4.69) is 21.3 Å². The van der Waals surface area contributed by atoms with Crippen molar-refractivity contribution in [1.82, 2.24) is 16.0 Å². The van der Waals surface area contributed by atoms with Crippen molar-refractivity contribution < 1.29 is 24.6 Å². The summed E-state index contributed by atoms with van der Waals surface area (Å²) in [7, 11) is 0. The molecule has 0 fully saturated rings. The Morgan fingerprint density at radius 1 is 1.00 bits per heavy atom. The summed E-state index contributed by atoms with van der Waals surface area (Å²) < 4.78 is 0. The van der Waals surface area contributed by atoms with Crippen molar-refractivity contribution in [2.75, 3.05) is 29.9 Å². The maximum absolute atomic E-state index is 14.0. The molecule has 0 spiro atoms. The maximum atomic E-state index is 14.0. The van der Waals surface area contributed by atoms with Crippen LogP contribution in [0.15, 0.2) is 72.8 Å². The van der Waals surface area contributed by atoms with E-state index in [1.807, 2.05) is 86.6 Å². The second kappa shape index (κ2) is 15.7. The van der Waals surface area contributed by atoms with Crippen molar-refractivity contribution in [2.45, 2.75) is 70.7 Å². The van der Waals surface area contributed by atoms with Crippen LogP contribution in [-0.2, 0) is 22.6 Å². The molecule has 4 rings (SSSR count). The van der Waals surface area contributed by atoms with E-state index in [9.17, 15) is 19.5 Å². The van der Waals surface area contributed by atoms with Crippen molar-refractivity contribution in [2.24, 2.45) is 0 Å². The highest BCUT2D eigenvalue weighted by Gasteiger charge is 2.32. The van der Waals surface area contributed by atoms with Crippen LogP contribution in [0.3, 0.4) is 0 Å². The zero-order chi connectivity index (χ0) is 32.4. The van der Waals surface area contributed by atoms with Gasteiger partial charge in [-0.2, -0.15) is 0 Å². The number of rotatable bonds is 13. The third-order valence-electron chi connectivity index (χ3n) is 7.83. The Balaban J connectivity index is 1.49. The topological polar surface area (TPSA) is 143 Å². The predicted molar refractivity (Wildman–Crippen MR) is 177 cm³/mol. The molecule has 0 saturated heterocycles. The molecule has 4 amide bonds. The number of para-hydroxylation sites is 2. The van der Waals surface area contributed by atoms with Gasteiger partial charge in [0.25, 0.3) is 0 Å². The molecule has 6 N–H and O–H groups in total. The van der Waals surface area contributed by atoms with Crippen LogP contribution >= 0.6 is 0 Å². The van der Waals surface area contributed by atoms with Gasteiger partial charge >= 0.3 is 6.03 Å². The quantitative estimate of drug-likeness (QED) is 0.172. The Labute approximate surface area is 265 Å². The number of aryl methyl sites for hydroxylation is 1. The SMILES string of the molecule is CC(O)CCNC(C)(C)CC(=O)N[C@@H]1CCc2ccccc2N(Cc2ccc(-c3ccccc3NC(=O)NCCO)cc2)C1=O. The summed E-state index contributed by atoms with van der Waals surface area (Å²) in [5.41, 5.74) is 4.69. The Hall–Kier alpha value is -4.25. The Bertz CT molecular complexity index is 1460. The highest BCUT2D eigenvalue weighted by Crippen LogP contribution is 2.31. The number of hydrogen-bond donors (Lipinski definition) is 6. The van der Waals surface area contributed by atoms with E-state index in [1.165, 1.54) is 0 Å². The number of fused-ring (bicyclic) bond motifs is 1. The van der Waals surface area contributed by atoms with Gasteiger partial charge in [0.1, 0.15) is 6.04 Å². The first kappa shape index (κ1) is 33.6. The van der Waals surface area contributed by atoms with E-state index in [0.29, 0.717) is 38.0 Å². The Kier molecular flexibility index (Phi) is 11.7. The van der Waals surface area contributed by atoms with Crippen LogP contribution in [-0.4, -0.2) is 65.4 Å². The minimum absolute atomic E-state index is 0.144. The van der Waals surface area contributed by atoms with Crippen LogP contribution in [0.1, 0.15) is 51.2 Å². The predicted octanol–water partition coefficient (Wildman–Crippen LogP) is 3.96. The average molecular weight is 616 g/mol. The summed E-state index contributed by atoms with van der Waals surface area (Å²) >= 11 is 0. The van der Waals surface area contributed by atoms with Gasteiger partial charge in [-0.3, -0.25) is 9.59 Å². The number of hydrogen-bond acceptors (Lipinski definition) is 6. The van der Waals surface area contributed by atoms with Crippen LogP contribution < -0.4 is 26.2 Å². The van der Waals surface area contributed by atoms with E-state index in [4.69, 9.17) is 5.11 Å². The zero-order valence-corrected chi connectivity index (χ0v) is 26.3. The summed E-state index contributed by atoms with van der Waals surface area (Å²) in [4.78, 5) is 41.1. The van der Waals surface area contributed by atoms with Gasteiger partial charge in [-0.05, 0) is 75.4 Å². The molecule has 0 radical (unpaired) electrons. The van der Waals surface area contributed by atoms with E-state index in [-0.39, 0.29) is 31.4 Å². The van der Waals surface area contributed by atoms with Gasteiger partial charge in [0, 0.05) is 29.8 Å². The molecule has 0 saturated carbocycles. The van der Waals surface area contributed by atoms with Gasteiger partial charge in [0.2, 0.25) is 11.8 Å². The van der Waals surface area contributed by atoms with Crippen molar-refractivity contribution in [3.05, 3.63) is 83.9 Å². The van der Waals surface area contributed by atoms with Gasteiger partial charge in [0.15, 0.2) is 0 Å². The number of carbonyl (C=O) groups is 3. The highest BCUT2D eigenvalue weighted by molar-refractivity contribution is 6.00.